The molecule has 0 aliphatic rings. The first kappa shape index (κ1) is 15.9. The summed E-state index contributed by atoms with van der Waals surface area (Å²) in [6.07, 6.45) is 1.59. The summed E-state index contributed by atoms with van der Waals surface area (Å²) in [6.45, 7) is 5.52. The van der Waals surface area contributed by atoms with E-state index in [4.69, 9.17) is 0 Å². The molecule has 2 aromatic heterocycles. The van der Waals surface area contributed by atoms with Crippen LogP contribution in [0.25, 0.3) is 10.8 Å². The highest BCUT2D eigenvalue weighted by molar-refractivity contribution is 5.92. The Labute approximate surface area is 139 Å². The highest BCUT2D eigenvalue weighted by Crippen LogP contribution is 2.19. The third-order valence-corrected chi connectivity index (χ3v) is 3.85. The van der Waals surface area contributed by atoms with Crippen LogP contribution >= 0.6 is 0 Å². The van der Waals surface area contributed by atoms with Crippen molar-refractivity contribution in [1.29, 1.82) is 0 Å². The van der Waals surface area contributed by atoms with Crippen molar-refractivity contribution in [2.45, 2.75) is 27.3 Å². The predicted molar refractivity (Wildman–Crippen MR) is 93.1 cm³/mol. The molecule has 0 spiro atoms. The van der Waals surface area contributed by atoms with E-state index in [0.29, 0.717) is 11.1 Å². The van der Waals surface area contributed by atoms with Crippen LogP contribution in [0.1, 0.15) is 17.0 Å². The lowest BCUT2D eigenvalue weighted by Crippen LogP contribution is -2.29. The summed E-state index contributed by atoms with van der Waals surface area (Å²) >= 11 is 0. The Kier molecular flexibility index (Phi) is 4.12. The molecule has 3 aromatic rings. The fourth-order valence-corrected chi connectivity index (χ4v) is 2.77. The van der Waals surface area contributed by atoms with Crippen LogP contribution in [0.2, 0.25) is 0 Å². The molecule has 0 fully saturated rings. The predicted octanol–water partition coefficient (Wildman–Crippen LogP) is 2.36. The van der Waals surface area contributed by atoms with Crippen LogP contribution in [0.15, 0.2) is 41.3 Å². The van der Waals surface area contributed by atoms with E-state index in [2.05, 4.69) is 15.4 Å². The molecule has 1 aromatic carbocycles. The van der Waals surface area contributed by atoms with Gasteiger partial charge in [0, 0.05) is 11.1 Å². The molecule has 0 bridgehead atoms. The minimum atomic E-state index is -0.309. The van der Waals surface area contributed by atoms with Gasteiger partial charge >= 0.3 is 0 Å². The van der Waals surface area contributed by atoms with Crippen molar-refractivity contribution in [2.75, 3.05) is 5.32 Å². The van der Waals surface area contributed by atoms with Crippen molar-refractivity contribution in [1.82, 2.24) is 14.8 Å². The number of benzene rings is 1. The number of nitrogens with one attached hydrogen (secondary N) is 1. The number of carbonyl (C=O) groups is 1. The first-order valence-corrected chi connectivity index (χ1v) is 7.65. The average Bonchev–Trinajstić information content (AvgIpc) is 2.54. The SMILES string of the molecule is Cc1cc(C)c(NC(=O)Cn2ncc3ccccc3c2=O)c(C)n1. The summed E-state index contributed by atoms with van der Waals surface area (Å²) in [6, 6.07) is 9.09. The van der Waals surface area contributed by atoms with Gasteiger partial charge in [-0.05, 0) is 38.5 Å². The zero-order valence-corrected chi connectivity index (χ0v) is 13.8. The minimum Gasteiger partial charge on any atom is -0.323 e. The minimum absolute atomic E-state index is 0.142. The topological polar surface area (TPSA) is 76.9 Å². The molecule has 3 rings (SSSR count). The van der Waals surface area contributed by atoms with E-state index in [9.17, 15) is 9.59 Å². The van der Waals surface area contributed by atoms with Crippen LogP contribution in [0.5, 0.6) is 0 Å². The number of fused-ring (bicyclic) bond motifs is 1. The summed E-state index contributed by atoms with van der Waals surface area (Å²) in [7, 11) is 0. The van der Waals surface area contributed by atoms with Crippen LogP contribution in [-0.2, 0) is 11.3 Å². The summed E-state index contributed by atoms with van der Waals surface area (Å²) in [5.74, 6) is -0.309. The van der Waals surface area contributed by atoms with E-state index in [-0.39, 0.29) is 18.0 Å². The molecule has 2 heterocycles. The fourth-order valence-electron chi connectivity index (χ4n) is 2.77. The zero-order chi connectivity index (χ0) is 17.3. The van der Waals surface area contributed by atoms with E-state index in [1.807, 2.05) is 39.0 Å². The van der Waals surface area contributed by atoms with Crippen LogP contribution < -0.4 is 10.9 Å². The zero-order valence-electron chi connectivity index (χ0n) is 13.8. The van der Waals surface area contributed by atoms with Gasteiger partial charge in [-0.25, -0.2) is 4.68 Å². The van der Waals surface area contributed by atoms with Crippen molar-refractivity contribution in [2.24, 2.45) is 0 Å². The average molecular weight is 322 g/mol. The molecule has 6 nitrogen and oxygen atoms in total. The lowest BCUT2D eigenvalue weighted by Gasteiger charge is -2.12. The van der Waals surface area contributed by atoms with Gasteiger partial charge in [-0.15, -0.1) is 0 Å². The first-order valence-electron chi connectivity index (χ1n) is 7.65. The Morgan fingerprint density at radius 3 is 2.71 bits per heavy atom. The van der Waals surface area contributed by atoms with Crippen LogP contribution in [0, 0.1) is 20.8 Å². The van der Waals surface area contributed by atoms with Crippen molar-refractivity contribution in [3.05, 3.63) is 63.8 Å². The molecule has 122 valence electrons. The fraction of sp³-hybridized carbons (Fsp3) is 0.222. The standard InChI is InChI=1S/C18H18N4O2/c1-11-8-12(2)20-13(3)17(11)21-16(23)10-22-18(24)15-7-5-4-6-14(15)9-19-22/h4-9H,10H2,1-3H3,(H,21,23). The number of carbonyl (C=O) groups excluding carboxylic acids is 1. The molecule has 0 saturated carbocycles. The second kappa shape index (κ2) is 6.23. The number of rotatable bonds is 3. The molecule has 0 saturated heterocycles. The van der Waals surface area contributed by atoms with Gasteiger partial charge in [0.05, 0.1) is 23.0 Å². The summed E-state index contributed by atoms with van der Waals surface area (Å²) in [5.41, 5.74) is 2.99. The smallest absolute Gasteiger partial charge is 0.275 e. The summed E-state index contributed by atoms with van der Waals surface area (Å²) < 4.78 is 1.17. The Morgan fingerprint density at radius 1 is 1.21 bits per heavy atom. The Bertz CT molecular complexity index is 969. The molecular weight excluding hydrogens is 304 g/mol. The molecule has 0 radical (unpaired) electrons. The Hall–Kier alpha value is -3.02. The quantitative estimate of drug-likeness (QED) is 0.803. The van der Waals surface area contributed by atoms with Gasteiger partial charge < -0.3 is 5.32 Å². The van der Waals surface area contributed by atoms with E-state index in [0.717, 1.165) is 22.3 Å². The molecule has 0 atom stereocenters. The van der Waals surface area contributed by atoms with Gasteiger partial charge in [-0.3, -0.25) is 14.6 Å². The number of hydrogen-bond donors (Lipinski definition) is 1. The Balaban J connectivity index is 1.86. The third kappa shape index (κ3) is 3.03. The van der Waals surface area contributed by atoms with E-state index >= 15 is 0 Å². The molecule has 0 aliphatic carbocycles. The number of hydrogen-bond acceptors (Lipinski definition) is 4. The van der Waals surface area contributed by atoms with Crippen LogP contribution in [-0.4, -0.2) is 20.7 Å². The molecule has 0 aliphatic heterocycles. The number of nitrogens with zero attached hydrogens (tertiary/aromatic N) is 3. The molecule has 1 amide bonds. The maximum absolute atomic E-state index is 12.4. The largest absolute Gasteiger partial charge is 0.323 e. The number of aryl methyl sites for hydroxylation is 3. The van der Waals surface area contributed by atoms with Gasteiger partial charge in [0.2, 0.25) is 5.91 Å². The van der Waals surface area contributed by atoms with E-state index in [1.165, 1.54) is 4.68 Å². The first-order chi connectivity index (χ1) is 11.5. The number of amides is 1. The molecule has 0 unspecified atom stereocenters. The van der Waals surface area contributed by atoms with Gasteiger partial charge in [-0.2, -0.15) is 5.10 Å². The van der Waals surface area contributed by atoms with Crippen LogP contribution in [0.4, 0.5) is 5.69 Å². The summed E-state index contributed by atoms with van der Waals surface area (Å²) in [5, 5.41) is 8.21. The van der Waals surface area contributed by atoms with Crippen molar-refractivity contribution < 1.29 is 4.79 Å². The van der Waals surface area contributed by atoms with Crippen LogP contribution in [0.3, 0.4) is 0 Å². The van der Waals surface area contributed by atoms with E-state index in [1.54, 1.807) is 18.3 Å². The number of aromatic nitrogens is 3. The van der Waals surface area contributed by atoms with Gasteiger partial charge in [0.15, 0.2) is 0 Å². The maximum Gasteiger partial charge on any atom is 0.275 e. The van der Waals surface area contributed by atoms with Crippen molar-refractivity contribution >= 4 is 22.4 Å². The maximum atomic E-state index is 12.4. The molecule has 6 heteroatoms. The third-order valence-electron chi connectivity index (χ3n) is 3.85. The highest BCUT2D eigenvalue weighted by atomic mass is 16.2. The lowest BCUT2D eigenvalue weighted by atomic mass is 10.1. The second-order valence-electron chi connectivity index (χ2n) is 5.78. The van der Waals surface area contributed by atoms with E-state index < -0.39 is 0 Å². The molecule has 1 N–H and O–H groups in total. The highest BCUT2D eigenvalue weighted by Gasteiger charge is 2.12. The van der Waals surface area contributed by atoms with Gasteiger partial charge in [0.1, 0.15) is 6.54 Å². The Morgan fingerprint density at radius 2 is 1.96 bits per heavy atom. The second-order valence-corrected chi connectivity index (χ2v) is 5.78. The lowest BCUT2D eigenvalue weighted by molar-refractivity contribution is -0.117. The monoisotopic (exact) mass is 322 g/mol. The van der Waals surface area contributed by atoms with Crippen molar-refractivity contribution in [3.8, 4) is 0 Å². The molecular formula is C18H18N4O2. The number of anilines is 1. The van der Waals surface area contributed by atoms with Crippen molar-refractivity contribution in [3.63, 3.8) is 0 Å². The van der Waals surface area contributed by atoms with Gasteiger partial charge in [0.25, 0.3) is 5.56 Å². The summed E-state index contributed by atoms with van der Waals surface area (Å²) in [4.78, 5) is 29.1. The number of pyridine rings is 1. The normalized spacial score (nSPS) is 10.8. The molecule has 24 heavy (non-hydrogen) atoms. The van der Waals surface area contributed by atoms with Gasteiger partial charge in [-0.1, -0.05) is 18.2 Å².